The number of aliphatic hydroxyl groups is 1. The van der Waals surface area contributed by atoms with Crippen molar-refractivity contribution in [3.05, 3.63) is 0 Å². The average Bonchev–Trinajstić information content (AvgIpc) is 3.30. The van der Waals surface area contributed by atoms with Gasteiger partial charge in [0.2, 0.25) is 0 Å². The minimum absolute atomic E-state index is 0.0928. The number of nitrogens with one attached hydrogen (secondary N) is 1. The van der Waals surface area contributed by atoms with Crippen LogP contribution in [0, 0.1) is 5.92 Å². The lowest BCUT2D eigenvalue weighted by Crippen LogP contribution is -2.47. The molecule has 0 amide bonds. The zero-order valence-corrected chi connectivity index (χ0v) is 13.2. The molecular weight excluding hydrogens is 252 g/mol. The van der Waals surface area contributed by atoms with Gasteiger partial charge in [0.05, 0.1) is 13.2 Å². The summed E-state index contributed by atoms with van der Waals surface area (Å²) in [4.78, 5) is 2.34. The molecule has 0 bridgehead atoms. The van der Waals surface area contributed by atoms with E-state index in [0.717, 1.165) is 45.1 Å². The van der Waals surface area contributed by atoms with Crippen LogP contribution in [0.2, 0.25) is 0 Å². The van der Waals surface area contributed by atoms with Crippen LogP contribution >= 0.6 is 0 Å². The summed E-state index contributed by atoms with van der Waals surface area (Å²) in [5, 5.41) is 13.1. The van der Waals surface area contributed by atoms with E-state index in [1.165, 1.54) is 25.7 Å². The highest BCUT2D eigenvalue weighted by Crippen LogP contribution is 2.28. The van der Waals surface area contributed by atoms with Gasteiger partial charge < -0.3 is 20.1 Å². The standard InChI is InChI=1S/C16H32N2O2/c1-16(13-19,17-15-6-7-15)8-3-9-18(2)10-11-20-12-14-4-5-14/h14-15,17,19H,3-13H2,1-2H3. The molecule has 0 aromatic rings. The Kier molecular flexibility index (Phi) is 6.27. The van der Waals surface area contributed by atoms with Crippen molar-refractivity contribution >= 4 is 0 Å². The second-order valence-corrected chi connectivity index (χ2v) is 7.06. The van der Waals surface area contributed by atoms with E-state index < -0.39 is 0 Å². The van der Waals surface area contributed by atoms with Gasteiger partial charge >= 0.3 is 0 Å². The van der Waals surface area contributed by atoms with Gasteiger partial charge in [-0.25, -0.2) is 0 Å². The molecule has 4 nitrogen and oxygen atoms in total. The van der Waals surface area contributed by atoms with Gasteiger partial charge in [0.1, 0.15) is 0 Å². The zero-order valence-electron chi connectivity index (χ0n) is 13.2. The van der Waals surface area contributed by atoms with E-state index in [9.17, 15) is 5.11 Å². The van der Waals surface area contributed by atoms with Crippen molar-refractivity contribution in [3.63, 3.8) is 0 Å². The third kappa shape index (κ3) is 6.53. The van der Waals surface area contributed by atoms with E-state index in [0.29, 0.717) is 6.04 Å². The lowest BCUT2D eigenvalue weighted by atomic mass is 9.96. The summed E-state index contributed by atoms with van der Waals surface area (Å²) >= 11 is 0. The fraction of sp³-hybridized carbons (Fsp3) is 1.00. The molecule has 20 heavy (non-hydrogen) atoms. The Balaban J connectivity index is 1.49. The van der Waals surface area contributed by atoms with Crippen molar-refractivity contribution in [2.24, 2.45) is 5.92 Å². The molecule has 2 N–H and O–H groups in total. The number of rotatable bonds is 12. The summed E-state index contributed by atoms with van der Waals surface area (Å²) in [5.74, 6) is 0.860. The second kappa shape index (κ2) is 7.74. The molecule has 2 fully saturated rings. The highest BCUT2D eigenvalue weighted by molar-refractivity contribution is 4.92. The van der Waals surface area contributed by atoms with Crippen molar-refractivity contribution < 1.29 is 9.84 Å². The van der Waals surface area contributed by atoms with E-state index in [2.05, 4.69) is 24.2 Å². The molecule has 1 unspecified atom stereocenters. The second-order valence-electron chi connectivity index (χ2n) is 7.06. The van der Waals surface area contributed by atoms with Gasteiger partial charge in [-0.1, -0.05) is 0 Å². The predicted molar refractivity (Wildman–Crippen MR) is 81.9 cm³/mol. The van der Waals surface area contributed by atoms with Gasteiger partial charge in [0.15, 0.2) is 0 Å². The van der Waals surface area contributed by atoms with Crippen LogP contribution in [-0.4, -0.2) is 61.5 Å². The Morgan fingerprint density at radius 2 is 2.00 bits per heavy atom. The first-order valence-corrected chi connectivity index (χ1v) is 8.26. The van der Waals surface area contributed by atoms with E-state index in [4.69, 9.17) is 4.74 Å². The van der Waals surface area contributed by atoms with Crippen LogP contribution in [0.1, 0.15) is 45.4 Å². The molecule has 0 aromatic carbocycles. The van der Waals surface area contributed by atoms with Crippen LogP contribution in [0.4, 0.5) is 0 Å². The molecule has 0 aliphatic heterocycles. The quantitative estimate of drug-likeness (QED) is 0.535. The minimum atomic E-state index is -0.0928. The fourth-order valence-electron chi connectivity index (χ4n) is 2.52. The number of ether oxygens (including phenoxy) is 1. The third-order valence-electron chi connectivity index (χ3n) is 4.42. The molecule has 1 atom stereocenters. The fourth-order valence-corrected chi connectivity index (χ4v) is 2.52. The van der Waals surface area contributed by atoms with E-state index in [-0.39, 0.29) is 12.1 Å². The van der Waals surface area contributed by atoms with E-state index in [1.807, 2.05) is 0 Å². The van der Waals surface area contributed by atoms with Crippen LogP contribution in [0.3, 0.4) is 0 Å². The van der Waals surface area contributed by atoms with Gasteiger partial charge in [-0.15, -0.1) is 0 Å². The molecule has 0 saturated heterocycles. The molecular formula is C16H32N2O2. The lowest BCUT2D eigenvalue weighted by molar-refractivity contribution is 0.101. The molecule has 2 rings (SSSR count). The van der Waals surface area contributed by atoms with E-state index >= 15 is 0 Å². The number of likely N-dealkylation sites (N-methyl/N-ethyl adjacent to an activating group) is 1. The number of hydrogen-bond acceptors (Lipinski definition) is 4. The molecule has 0 radical (unpaired) electrons. The predicted octanol–water partition coefficient (Wildman–Crippen LogP) is 1.63. The number of aliphatic hydroxyl groups excluding tert-OH is 1. The molecule has 2 aliphatic carbocycles. The van der Waals surface area contributed by atoms with Crippen LogP contribution in [0.15, 0.2) is 0 Å². The minimum Gasteiger partial charge on any atom is -0.394 e. The van der Waals surface area contributed by atoms with Crippen molar-refractivity contribution in [1.29, 1.82) is 0 Å². The molecule has 2 saturated carbocycles. The van der Waals surface area contributed by atoms with Gasteiger partial charge in [-0.3, -0.25) is 0 Å². The first-order valence-electron chi connectivity index (χ1n) is 8.26. The van der Waals surface area contributed by atoms with Crippen molar-refractivity contribution in [2.45, 2.75) is 57.0 Å². The highest BCUT2D eigenvalue weighted by atomic mass is 16.5. The molecule has 2 aliphatic rings. The van der Waals surface area contributed by atoms with Gasteiger partial charge in [-0.05, 0) is 65.0 Å². The zero-order chi connectivity index (χ0) is 14.4. The molecule has 0 aromatic heterocycles. The smallest absolute Gasteiger partial charge is 0.0610 e. The summed E-state index contributed by atoms with van der Waals surface area (Å²) in [6.07, 6.45) is 7.43. The summed E-state index contributed by atoms with van der Waals surface area (Å²) in [6.45, 7) is 6.28. The maximum atomic E-state index is 9.56. The first-order chi connectivity index (χ1) is 9.61. The maximum Gasteiger partial charge on any atom is 0.0610 e. The highest BCUT2D eigenvalue weighted by Gasteiger charge is 2.31. The topological polar surface area (TPSA) is 44.7 Å². The van der Waals surface area contributed by atoms with Crippen molar-refractivity contribution in [1.82, 2.24) is 10.2 Å². The normalized spacial score (nSPS) is 22.2. The van der Waals surface area contributed by atoms with Crippen molar-refractivity contribution in [2.75, 3.05) is 40.0 Å². The molecule has 0 spiro atoms. The third-order valence-corrected chi connectivity index (χ3v) is 4.42. The monoisotopic (exact) mass is 284 g/mol. The summed E-state index contributed by atoms with van der Waals surface area (Å²) < 4.78 is 5.66. The Hall–Kier alpha value is -0.160. The Morgan fingerprint density at radius 3 is 2.60 bits per heavy atom. The van der Waals surface area contributed by atoms with Gasteiger partial charge in [0, 0.05) is 24.7 Å². The van der Waals surface area contributed by atoms with Crippen LogP contribution in [0.25, 0.3) is 0 Å². The van der Waals surface area contributed by atoms with Gasteiger partial charge in [-0.2, -0.15) is 0 Å². The molecule has 4 heteroatoms. The lowest BCUT2D eigenvalue weighted by Gasteiger charge is -2.30. The Bertz CT molecular complexity index is 280. The Labute approximate surface area is 123 Å². The van der Waals surface area contributed by atoms with Crippen LogP contribution < -0.4 is 5.32 Å². The van der Waals surface area contributed by atoms with Gasteiger partial charge in [0.25, 0.3) is 0 Å². The van der Waals surface area contributed by atoms with E-state index in [1.54, 1.807) is 0 Å². The van der Waals surface area contributed by atoms with Crippen LogP contribution in [-0.2, 0) is 4.74 Å². The van der Waals surface area contributed by atoms with Crippen LogP contribution in [0.5, 0.6) is 0 Å². The first kappa shape index (κ1) is 16.2. The summed E-state index contributed by atoms with van der Waals surface area (Å²) in [7, 11) is 2.16. The number of nitrogens with zero attached hydrogens (tertiary/aromatic N) is 1. The molecule has 0 heterocycles. The molecule has 118 valence electrons. The largest absolute Gasteiger partial charge is 0.394 e. The number of hydrogen-bond donors (Lipinski definition) is 2. The SMILES string of the molecule is CN(CCCC(C)(CO)NC1CC1)CCOCC1CC1. The maximum absolute atomic E-state index is 9.56. The Morgan fingerprint density at radius 1 is 1.25 bits per heavy atom. The average molecular weight is 284 g/mol. The summed E-state index contributed by atoms with van der Waals surface area (Å²) in [6, 6.07) is 0.653. The van der Waals surface area contributed by atoms with Crippen molar-refractivity contribution in [3.8, 4) is 0 Å². The summed E-state index contributed by atoms with van der Waals surface area (Å²) in [5.41, 5.74) is -0.0928.